The molecule has 0 aliphatic heterocycles. The third-order valence-electron chi connectivity index (χ3n) is 1.67. The van der Waals surface area contributed by atoms with Crippen molar-refractivity contribution in [1.29, 1.82) is 0 Å². The molecule has 0 aliphatic rings. The molecule has 0 aromatic carbocycles. The largest absolute Gasteiger partial charge is 0.330 e. The van der Waals surface area contributed by atoms with Crippen molar-refractivity contribution in [3.8, 4) is 0 Å². The molecule has 0 aliphatic carbocycles. The van der Waals surface area contributed by atoms with E-state index in [-0.39, 0.29) is 0 Å². The Bertz CT molecular complexity index is 205. The summed E-state index contributed by atoms with van der Waals surface area (Å²) in [6.07, 6.45) is 0. The van der Waals surface area contributed by atoms with Gasteiger partial charge in [-0.15, -0.1) is 11.3 Å². The van der Waals surface area contributed by atoms with Crippen LogP contribution in [0.4, 0.5) is 0 Å². The molecule has 0 saturated heterocycles. The van der Waals surface area contributed by atoms with Crippen LogP contribution in [-0.4, -0.2) is 6.54 Å². The van der Waals surface area contributed by atoms with Gasteiger partial charge in [0.1, 0.15) is 0 Å². The zero-order valence-electron chi connectivity index (χ0n) is 6.42. The number of nitrogens with two attached hydrogens (primary N) is 1. The van der Waals surface area contributed by atoms with E-state index in [1.165, 1.54) is 10.4 Å². The van der Waals surface area contributed by atoms with E-state index in [9.17, 15) is 0 Å². The van der Waals surface area contributed by atoms with Crippen LogP contribution in [0.3, 0.4) is 0 Å². The lowest BCUT2D eigenvalue weighted by molar-refractivity contribution is 0.777. The van der Waals surface area contributed by atoms with Gasteiger partial charge >= 0.3 is 0 Å². The Hall–Kier alpha value is -0.340. The number of hydrogen-bond donors (Lipinski definition) is 1. The minimum Gasteiger partial charge on any atom is -0.330 e. The van der Waals surface area contributed by atoms with Crippen molar-refractivity contribution in [2.45, 2.75) is 19.8 Å². The highest BCUT2D eigenvalue weighted by molar-refractivity contribution is 7.10. The zero-order valence-corrected chi connectivity index (χ0v) is 7.24. The Balaban J connectivity index is 2.74. The summed E-state index contributed by atoms with van der Waals surface area (Å²) in [6.45, 7) is 5.02. The van der Waals surface area contributed by atoms with Crippen molar-refractivity contribution < 1.29 is 0 Å². The van der Waals surface area contributed by atoms with Crippen molar-refractivity contribution in [2.24, 2.45) is 5.73 Å². The van der Waals surface area contributed by atoms with E-state index in [0.29, 0.717) is 5.92 Å². The van der Waals surface area contributed by atoms with Crippen LogP contribution >= 0.6 is 11.3 Å². The summed E-state index contributed by atoms with van der Waals surface area (Å²) >= 11 is 1.79. The Kier molecular flexibility index (Phi) is 2.46. The first kappa shape index (κ1) is 7.76. The van der Waals surface area contributed by atoms with Crippen LogP contribution in [0, 0.1) is 6.92 Å². The summed E-state index contributed by atoms with van der Waals surface area (Å²) in [5, 5.41) is 2.19. The molecular formula is C8H13NS. The number of hydrogen-bond acceptors (Lipinski definition) is 2. The van der Waals surface area contributed by atoms with E-state index in [1.54, 1.807) is 11.3 Å². The average Bonchev–Trinajstić information content (AvgIpc) is 2.34. The minimum absolute atomic E-state index is 0.518. The molecule has 1 aromatic rings. The van der Waals surface area contributed by atoms with Gasteiger partial charge in [0.15, 0.2) is 0 Å². The summed E-state index contributed by atoms with van der Waals surface area (Å²) < 4.78 is 0. The zero-order chi connectivity index (χ0) is 7.56. The first-order chi connectivity index (χ1) is 4.74. The van der Waals surface area contributed by atoms with Gasteiger partial charge in [-0.2, -0.15) is 0 Å². The third kappa shape index (κ3) is 1.58. The highest BCUT2D eigenvalue weighted by Gasteiger charge is 2.03. The lowest BCUT2D eigenvalue weighted by Crippen LogP contribution is -2.07. The standard InChI is InChI=1S/C8H13NS/c1-6(4-9)8-3-7(2)10-5-8/h3,5-6H,4,9H2,1-2H3. The Morgan fingerprint density at radius 1 is 1.70 bits per heavy atom. The highest BCUT2D eigenvalue weighted by atomic mass is 32.1. The van der Waals surface area contributed by atoms with Crippen molar-refractivity contribution >= 4 is 11.3 Å². The minimum atomic E-state index is 0.518. The molecule has 1 aromatic heterocycles. The smallest absolute Gasteiger partial charge is 0.00171 e. The molecule has 10 heavy (non-hydrogen) atoms. The lowest BCUT2D eigenvalue weighted by Gasteiger charge is -2.03. The molecule has 2 heteroatoms. The topological polar surface area (TPSA) is 26.0 Å². The summed E-state index contributed by atoms with van der Waals surface area (Å²) in [5.74, 6) is 0.518. The molecule has 2 N–H and O–H groups in total. The van der Waals surface area contributed by atoms with E-state index in [4.69, 9.17) is 5.73 Å². The van der Waals surface area contributed by atoms with Gasteiger partial charge in [-0.1, -0.05) is 6.92 Å². The van der Waals surface area contributed by atoms with Crippen molar-refractivity contribution in [1.82, 2.24) is 0 Å². The number of thiophene rings is 1. The Morgan fingerprint density at radius 2 is 2.40 bits per heavy atom. The Labute approximate surface area is 65.9 Å². The molecule has 1 unspecified atom stereocenters. The number of aryl methyl sites for hydroxylation is 1. The van der Waals surface area contributed by atoms with E-state index in [1.807, 2.05) is 0 Å². The first-order valence-electron chi connectivity index (χ1n) is 3.49. The molecule has 0 fully saturated rings. The maximum Gasteiger partial charge on any atom is 0.00171 e. The van der Waals surface area contributed by atoms with Crippen molar-refractivity contribution in [3.63, 3.8) is 0 Å². The highest BCUT2D eigenvalue weighted by Crippen LogP contribution is 2.20. The summed E-state index contributed by atoms with van der Waals surface area (Å²) in [6, 6.07) is 2.21. The summed E-state index contributed by atoms with van der Waals surface area (Å²) in [4.78, 5) is 1.37. The fourth-order valence-electron chi connectivity index (χ4n) is 0.858. The quantitative estimate of drug-likeness (QED) is 0.695. The van der Waals surface area contributed by atoms with Crippen LogP contribution < -0.4 is 5.73 Å². The summed E-state index contributed by atoms with van der Waals surface area (Å²) in [5.41, 5.74) is 6.90. The van der Waals surface area contributed by atoms with Gasteiger partial charge in [0, 0.05) is 4.88 Å². The number of rotatable bonds is 2. The maximum atomic E-state index is 5.52. The molecule has 1 rings (SSSR count). The predicted octanol–water partition coefficient (Wildman–Crippen LogP) is 2.12. The van der Waals surface area contributed by atoms with Crippen molar-refractivity contribution in [3.05, 3.63) is 21.9 Å². The molecule has 0 amide bonds. The second-order valence-electron chi connectivity index (χ2n) is 2.63. The molecule has 0 spiro atoms. The van der Waals surface area contributed by atoms with Gasteiger partial charge in [0.05, 0.1) is 0 Å². The van der Waals surface area contributed by atoms with E-state index in [2.05, 4.69) is 25.3 Å². The molecule has 0 radical (unpaired) electrons. The van der Waals surface area contributed by atoms with Crippen LogP contribution in [0.15, 0.2) is 11.4 Å². The van der Waals surface area contributed by atoms with Gasteiger partial charge in [-0.3, -0.25) is 0 Å². The van der Waals surface area contributed by atoms with Gasteiger partial charge in [-0.05, 0) is 36.4 Å². The van der Waals surface area contributed by atoms with Crippen LogP contribution in [0.1, 0.15) is 23.3 Å². The maximum absolute atomic E-state index is 5.52. The normalized spacial score (nSPS) is 13.5. The van der Waals surface area contributed by atoms with Crippen LogP contribution in [0.5, 0.6) is 0 Å². The lowest BCUT2D eigenvalue weighted by atomic mass is 10.1. The second kappa shape index (κ2) is 3.17. The second-order valence-corrected chi connectivity index (χ2v) is 3.74. The fraction of sp³-hybridized carbons (Fsp3) is 0.500. The molecule has 1 nitrogen and oxygen atoms in total. The van der Waals surface area contributed by atoms with Crippen LogP contribution in [0.2, 0.25) is 0 Å². The van der Waals surface area contributed by atoms with E-state index < -0.39 is 0 Å². The molecular weight excluding hydrogens is 142 g/mol. The van der Waals surface area contributed by atoms with Crippen LogP contribution in [-0.2, 0) is 0 Å². The first-order valence-corrected chi connectivity index (χ1v) is 4.37. The van der Waals surface area contributed by atoms with Gasteiger partial charge < -0.3 is 5.73 Å². The van der Waals surface area contributed by atoms with Crippen LogP contribution in [0.25, 0.3) is 0 Å². The molecule has 1 heterocycles. The van der Waals surface area contributed by atoms with Gasteiger partial charge in [0.2, 0.25) is 0 Å². The van der Waals surface area contributed by atoms with E-state index in [0.717, 1.165) is 6.54 Å². The fourth-order valence-corrected chi connectivity index (χ4v) is 1.68. The monoisotopic (exact) mass is 155 g/mol. The average molecular weight is 155 g/mol. The van der Waals surface area contributed by atoms with Crippen molar-refractivity contribution in [2.75, 3.05) is 6.54 Å². The molecule has 0 bridgehead atoms. The molecule has 56 valence electrons. The SMILES string of the molecule is Cc1cc(C(C)CN)cs1. The molecule has 1 atom stereocenters. The summed E-state index contributed by atoms with van der Waals surface area (Å²) in [7, 11) is 0. The third-order valence-corrected chi connectivity index (χ3v) is 2.55. The predicted molar refractivity (Wildman–Crippen MR) is 46.5 cm³/mol. The van der Waals surface area contributed by atoms with Gasteiger partial charge in [0.25, 0.3) is 0 Å². The van der Waals surface area contributed by atoms with Gasteiger partial charge in [-0.25, -0.2) is 0 Å². The molecule has 0 saturated carbocycles. The van der Waals surface area contributed by atoms with E-state index >= 15 is 0 Å². The Morgan fingerprint density at radius 3 is 2.80 bits per heavy atom.